The van der Waals surface area contributed by atoms with Gasteiger partial charge in [0.05, 0.1) is 5.92 Å². The third-order valence-electron chi connectivity index (χ3n) is 6.98. The highest BCUT2D eigenvalue weighted by Gasteiger charge is 2.36. The first-order valence-electron chi connectivity index (χ1n) is 11.9. The number of hydrogen-bond donors (Lipinski definition) is 1. The Kier molecular flexibility index (Phi) is 6.05. The maximum Gasteiger partial charge on any atom is 0.253 e. The Hall–Kier alpha value is -3.67. The summed E-state index contributed by atoms with van der Waals surface area (Å²) in [4.78, 5) is 34.5. The SMILES string of the molecule is Cc1cnc(N2CCN(C(=O)c3ccc([C@@H]4C(=O)NCC4c4ccccc4)cc3)CC2)c(C)c1. The van der Waals surface area contributed by atoms with E-state index in [1.807, 2.05) is 60.5 Å². The Balaban J connectivity index is 1.26. The molecule has 6 heteroatoms. The zero-order chi connectivity index (χ0) is 23.7. The summed E-state index contributed by atoms with van der Waals surface area (Å²) in [6.07, 6.45) is 1.90. The summed E-state index contributed by atoms with van der Waals surface area (Å²) in [7, 11) is 0. The summed E-state index contributed by atoms with van der Waals surface area (Å²) < 4.78 is 0. The first-order valence-corrected chi connectivity index (χ1v) is 11.9. The molecule has 0 bridgehead atoms. The largest absolute Gasteiger partial charge is 0.355 e. The molecule has 2 aliphatic heterocycles. The number of piperazine rings is 1. The molecule has 2 saturated heterocycles. The van der Waals surface area contributed by atoms with E-state index in [4.69, 9.17) is 0 Å². The molecule has 0 aliphatic carbocycles. The summed E-state index contributed by atoms with van der Waals surface area (Å²) >= 11 is 0. The van der Waals surface area contributed by atoms with E-state index in [0.29, 0.717) is 25.2 Å². The van der Waals surface area contributed by atoms with Crippen LogP contribution >= 0.6 is 0 Å². The molecule has 5 rings (SSSR count). The van der Waals surface area contributed by atoms with Crippen LogP contribution in [0.3, 0.4) is 0 Å². The highest BCUT2D eigenvalue weighted by atomic mass is 16.2. The van der Waals surface area contributed by atoms with Gasteiger partial charge < -0.3 is 15.1 Å². The number of anilines is 1. The van der Waals surface area contributed by atoms with Gasteiger partial charge in [-0.05, 0) is 48.2 Å². The van der Waals surface area contributed by atoms with E-state index in [1.54, 1.807) is 0 Å². The fourth-order valence-corrected chi connectivity index (χ4v) is 5.19. The summed E-state index contributed by atoms with van der Waals surface area (Å²) in [5.74, 6) is 0.951. The third kappa shape index (κ3) is 4.28. The molecule has 2 atom stereocenters. The fraction of sp³-hybridized carbons (Fsp3) is 0.321. The molecule has 2 aromatic carbocycles. The standard InChI is InChI=1S/C28H30N4O2/c1-19-16-20(2)26(29-17-19)31-12-14-32(15-13-31)28(34)23-10-8-22(9-11-23)25-24(18-30-27(25)33)21-6-4-3-5-7-21/h3-11,16-17,24-25H,12-15,18H2,1-2H3,(H,30,33)/t24?,25-/m0/s1. The van der Waals surface area contributed by atoms with Crippen LogP contribution in [0.15, 0.2) is 66.9 Å². The van der Waals surface area contributed by atoms with E-state index >= 15 is 0 Å². The van der Waals surface area contributed by atoms with Crippen molar-refractivity contribution in [3.05, 3.63) is 94.7 Å². The minimum atomic E-state index is -0.236. The predicted octanol–water partition coefficient (Wildman–Crippen LogP) is 3.66. The molecule has 174 valence electrons. The molecular formula is C28H30N4O2. The molecule has 0 radical (unpaired) electrons. The Morgan fingerprint density at radius 3 is 2.32 bits per heavy atom. The predicted molar refractivity (Wildman–Crippen MR) is 133 cm³/mol. The van der Waals surface area contributed by atoms with Gasteiger partial charge in [0.25, 0.3) is 5.91 Å². The van der Waals surface area contributed by atoms with Gasteiger partial charge in [-0.25, -0.2) is 4.98 Å². The number of nitrogens with zero attached hydrogens (tertiary/aromatic N) is 3. The van der Waals surface area contributed by atoms with Crippen molar-refractivity contribution in [3.63, 3.8) is 0 Å². The minimum absolute atomic E-state index is 0.0373. The number of rotatable bonds is 4. The van der Waals surface area contributed by atoms with E-state index in [0.717, 1.165) is 35.6 Å². The zero-order valence-electron chi connectivity index (χ0n) is 19.7. The molecular weight excluding hydrogens is 424 g/mol. The van der Waals surface area contributed by atoms with Crippen molar-refractivity contribution in [2.45, 2.75) is 25.7 Å². The van der Waals surface area contributed by atoms with Crippen molar-refractivity contribution < 1.29 is 9.59 Å². The van der Waals surface area contributed by atoms with Crippen LogP contribution in [0.2, 0.25) is 0 Å². The fourth-order valence-electron chi connectivity index (χ4n) is 5.19. The van der Waals surface area contributed by atoms with Gasteiger partial charge in [-0.1, -0.05) is 48.5 Å². The molecule has 2 fully saturated rings. The second kappa shape index (κ2) is 9.29. The van der Waals surface area contributed by atoms with Crippen LogP contribution < -0.4 is 10.2 Å². The molecule has 3 heterocycles. The van der Waals surface area contributed by atoms with Gasteiger partial charge >= 0.3 is 0 Å². The van der Waals surface area contributed by atoms with E-state index < -0.39 is 0 Å². The summed E-state index contributed by atoms with van der Waals surface area (Å²) in [6.45, 7) is 7.62. The first-order chi connectivity index (χ1) is 16.5. The van der Waals surface area contributed by atoms with Crippen LogP contribution in [0.4, 0.5) is 5.82 Å². The summed E-state index contributed by atoms with van der Waals surface area (Å²) in [6, 6.07) is 19.9. The minimum Gasteiger partial charge on any atom is -0.355 e. The molecule has 1 aromatic heterocycles. The summed E-state index contributed by atoms with van der Waals surface area (Å²) in [5.41, 5.74) is 5.09. The van der Waals surface area contributed by atoms with Crippen molar-refractivity contribution in [1.82, 2.24) is 15.2 Å². The second-order valence-electron chi connectivity index (χ2n) is 9.29. The van der Waals surface area contributed by atoms with Gasteiger partial charge in [-0.15, -0.1) is 0 Å². The van der Waals surface area contributed by atoms with Crippen molar-refractivity contribution in [2.75, 3.05) is 37.6 Å². The van der Waals surface area contributed by atoms with Gasteiger partial charge in [0.1, 0.15) is 5.82 Å². The van der Waals surface area contributed by atoms with Crippen molar-refractivity contribution in [2.24, 2.45) is 0 Å². The molecule has 0 spiro atoms. The van der Waals surface area contributed by atoms with Crippen LogP contribution in [0.5, 0.6) is 0 Å². The van der Waals surface area contributed by atoms with Crippen LogP contribution in [-0.4, -0.2) is 54.4 Å². The van der Waals surface area contributed by atoms with E-state index in [1.165, 1.54) is 5.56 Å². The van der Waals surface area contributed by atoms with Gasteiger partial charge in [-0.3, -0.25) is 9.59 Å². The maximum absolute atomic E-state index is 13.1. The number of pyridine rings is 1. The molecule has 0 saturated carbocycles. The van der Waals surface area contributed by atoms with E-state index in [2.05, 4.69) is 40.3 Å². The lowest BCUT2D eigenvalue weighted by Gasteiger charge is -2.36. The highest BCUT2D eigenvalue weighted by molar-refractivity contribution is 5.95. The first kappa shape index (κ1) is 22.1. The second-order valence-corrected chi connectivity index (χ2v) is 9.29. The molecule has 2 amide bonds. The lowest BCUT2D eigenvalue weighted by Crippen LogP contribution is -2.49. The van der Waals surface area contributed by atoms with E-state index in [-0.39, 0.29) is 23.7 Å². The van der Waals surface area contributed by atoms with Crippen molar-refractivity contribution >= 4 is 17.6 Å². The number of aromatic nitrogens is 1. The Bertz CT molecular complexity index is 1180. The average molecular weight is 455 g/mol. The molecule has 3 aromatic rings. The van der Waals surface area contributed by atoms with Gasteiger partial charge in [0, 0.05) is 50.4 Å². The van der Waals surface area contributed by atoms with Crippen LogP contribution in [0.25, 0.3) is 0 Å². The molecule has 34 heavy (non-hydrogen) atoms. The molecule has 2 aliphatic rings. The smallest absolute Gasteiger partial charge is 0.253 e. The average Bonchev–Trinajstić information content (AvgIpc) is 3.26. The zero-order valence-corrected chi connectivity index (χ0v) is 19.7. The molecule has 1 unspecified atom stereocenters. The van der Waals surface area contributed by atoms with Gasteiger partial charge in [0.15, 0.2) is 0 Å². The lowest BCUT2D eigenvalue weighted by atomic mass is 9.83. The number of hydrogen-bond acceptors (Lipinski definition) is 4. The molecule has 1 N–H and O–H groups in total. The van der Waals surface area contributed by atoms with Gasteiger partial charge in [0.2, 0.25) is 5.91 Å². The van der Waals surface area contributed by atoms with Crippen LogP contribution in [0.1, 0.15) is 44.4 Å². The monoisotopic (exact) mass is 454 g/mol. The Morgan fingerprint density at radius 1 is 0.941 bits per heavy atom. The normalized spacial score (nSPS) is 20.4. The van der Waals surface area contributed by atoms with Crippen LogP contribution in [-0.2, 0) is 4.79 Å². The number of benzene rings is 2. The summed E-state index contributed by atoms with van der Waals surface area (Å²) in [5, 5.41) is 3.01. The highest BCUT2D eigenvalue weighted by Crippen LogP contribution is 2.36. The number of carbonyl (C=O) groups is 2. The topological polar surface area (TPSA) is 65.5 Å². The number of amides is 2. The third-order valence-corrected chi connectivity index (χ3v) is 6.98. The quantitative estimate of drug-likeness (QED) is 0.654. The van der Waals surface area contributed by atoms with Crippen molar-refractivity contribution in [1.29, 1.82) is 0 Å². The Labute approximate surface area is 200 Å². The molecule has 6 nitrogen and oxygen atoms in total. The van der Waals surface area contributed by atoms with E-state index in [9.17, 15) is 9.59 Å². The lowest BCUT2D eigenvalue weighted by molar-refractivity contribution is -0.120. The van der Waals surface area contributed by atoms with Crippen LogP contribution in [0, 0.1) is 13.8 Å². The van der Waals surface area contributed by atoms with Crippen molar-refractivity contribution in [3.8, 4) is 0 Å². The number of carbonyl (C=O) groups excluding carboxylic acids is 2. The number of aryl methyl sites for hydroxylation is 2. The Morgan fingerprint density at radius 2 is 1.65 bits per heavy atom. The number of nitrogens with one attached hydrogen (secondary N) is 1. The van der Waals surface area contributed by atoms with Gasteiger partial charge in [-0.2, -0.15) is 0 Å². The maximum atomic E-state index is 13.1.